The predicted octanol–water partition coefficient (Wildman–Crippen LogP) is 1.82. The number of carbonyl (C=O) groups is 5. The Morgan fingerprint density at radius 2 is 1.93 bits per heavy atom. The lowest BCUT2D eigenvalue weighted by Gasteiger charge is -2.27. The zero-order chi connectivity index (χ0) is 20.3. The van der Waals surface area contributed by atoms with E-state index in [1.54, 1.807) is 18.2 Å². The number of nitrogens with zero attached hydrogens (tertiary/aromatic N) is 1. The number of rotatable bonds is 8. The quantitative estimate of drug-likeness (QED) is 0.385. The number of benzene rings is 1. The summed E-state index contributed by atoms with van der Waals surface area (Å²) in [7, 11) is 0. The molecule has 1 aromatic carbocycles. The van der Waals surface area contributed by atoms with E-state index in [0.717, 1.165) is 17.7 Å². The van der Waals surface area contributed by atoms with Gasteiger partial charge in [-0.05, 0) is 37.1 Å². The van der Waals surface area contributed by atoms with Crippen molar-refractivity contribution in [2.24, 2.45) is 0 Å². The number of carbonyl (C=O) groups excluding carboxylic acids is 4. The van der Waals surface area contributed by atoms with E-state index < -0.39 is 35.6 Å². The second-order valence-corrected chi connectivity index (χ2v) is 7.82. The molecule has 1 aromatic rings. The second-order valence-electron chi connectivity index (χ2n) is 6.68. The third kappa shape index (κ3) is 4.09. The minimum absolute atomic E-state index is 0.0851. The summed E-state index contributed by atoms with van der Waals surface area (Å²) in [6.45, 7) is 0. The van der Waals surface area contributed by atoms with Crippen LogP contribution in [0.4, 0.5) is 0 Å². The van der Waals surface area contributed by atoms with E-state index in [9.17, 15) is 24.0 Å². The van der Waals surface area contributed by atoms with Crippen LogP contribution >= 0.6 is 11.8 Å². The van der Waals surface area contributed by atoms with Crippen LogP contribution in [0.25, 0.3) is 0 Å². The first-order valence-corrected chi connectivity index (χ1v) is 10.1. The highest BCUT2D eigenvalue weighted by Gasteiger charge is 2.45. The summed E-state index contributed by atoms with van der Waals surface area (Å²) in [5, 5.41) is 10.8. The largest absolute Gasteiger partial charge is 0.481 e. The van der Waals surface area contributed by atoms with Crippen LogP contribution in [0.3, 0.4) is 0 Å². The molecule has 28 heavy (non-hydrogen) atoms. The molecule has 2 aliphatic heterocycles. The molecule has 0 bridgehead atoms. The van der Waals surface area contributed by atoms with Crippen molar-refractivity contribution >= 4 is 41.4 Å². The minimum Gasteiger partial charge on any atom is -0.481 e. The van der Waals surface area contributed by atoms with E-state index in [1.807, 2.05) is 0 Å². The van der Waals surface area contributed by atoms with Gasteiger partial charge in [0.15, 0.2) is 0 Å². The van der Waals surface area contributed by atoms with Gasteiger partial charge in [-0.25, -0.2) is 0 Å². The average molecular weight is 404 g/mol. The molecule has 8 nitrogen and oxygen atoms in total. The van der Waals surface area contributed by atoms with Gasteiger partial charge in [-0.1, -0.05) is 12.5 Å². The van der Waals surface area contributed by atoms with E-state index in [2.05, 4.69) is 5.32 Å². The van der Waals surface area contributed by atoms with E-state index in [1.165, 1.54) is 11.8 Å². The maximum atomic E-state index is 12.9. The van der Waals surface area contributed by atoms with Gasteiger partial charge in [-0.15, -0.1) is 11.8 Å². The molecule has 2 N–H and O–H groups in total. The van der Waals surface area contributed by atoms with E-state index in [0.29, 0.717) is 22.6 Å². The number of amides is 4. The molecule has 0 radical (unpaired) electrons. The summed E-state index contributed by atoms with van der Waals surface area (Å²) in [6.07, 6.45) is 2.51. The van der Waals surface area contributed by atoms with E-state index in [4.69, 9.17) is 5.11 Å². The van der Waals surface area contributed by atoms with Crippen LogP contribution in [-0.2, 0) is 14.4 Å². The van der Waals surface area contributed by atoms with Gasteiger partial charge in [0.25, 0.3) is 11.8 Å². The number of hydrogen-bond donors (Lipinski definition) is 2. The Labute approximate surface area is 165 Å². The van der Waals surface area contributed by atoms with Crippen molar-refractivity contribution in [2.75, 3.05) is 5.75 Å². The molecule has 1 unspecified atom stereocenters. The Kier molecular flexibility index (Phi) is 6.13. The monoisotopic (exact) mass is 404 g/mol. The number of aliphatic carboxylic acids is 1. The fourth-order valence-electron chi connectivity index (χ4n) is 3.34. The lowest BCUT2D eigenvalue weighted by atomic mass is 10.0. The molecular formula is C19H20N2O6S. The molecular weight excluding hydrogens is 384 g/mol. The third-order valence-corrected chi connectivity index (χ3v) is 5.87. The first-order valence-electron chi connectivity index (χ1n) is 9.09. The molecule has 0 saturated carbocycles. The van der Waals surface area contributed by atoms with Crippen LogP contribution in [0.1, 0.15) is 59.2 Å². The fourth-order valence-corrected chi connectivity index (χ4v) is 4.43. The Morgan fingerprint density at radius 1 is 1.14 bits per heavy atom. The average Bonchev–Trinajstić information content (AvgIpc) is 2.90. The van der Waals surface area contributed by atoms with Gasteiger partial charge >= 0.3 is 5.97 Å². The van der Waals surface area contributed by atoms with Gasteiger partial charge in [-0.3, -0.25) is 34.2 Å². The number of hydrogen-bond acceptors (Lipinski definition) is 6. The molecule has 0 aromatic heterocycles. The smallest absolute Gasteiger partial charge is 0.303 e. The van der Waals surface area contributed by atoms with E-state index >= 15 is 0 Å². The number of nitrogens with one attached hydrogen (secondary N) is 1. The van der Waals surface area contributed by atoms with Crippen LogP contribution in [0.5, 0.6) is 0 Å². The summed E-state index contributed by atoms with van der Waals surface area (Å²) in [5.74, 6) is -2.18. The Balaban J connectivity index is 1.69. The summed E-state index contributed by atoms with van der Waals surface area (Å²) < 4.78 is 0. The fraction of sp³-hybridized carbons (Fsp3) is 0.421. The zero-order valence-electron chi connectivity index (χ0n) is 15.1. The topological polar surface area (TPSA) is 121 Å². The standard InChI is InChI=1S/C19H20N2O6S/c22-14-9-8-12(17(25)20-14)21-18(26)11-5-4-6-13(16(11)19(21)27)28-10-3-1-2-7-15(23)24/h4-6,12H,1-3,7-10H2,(H,23,24)(H,20,22,25). The van der Waals surface area contributed by atoms with Crippen molar-refractivity contribution in [3.05, 3.63) is 29.3 Å². The summed E-state index contributed by atoms with van der Waals surface area (Å²) in [6, 6.07) is 4.06. The van der Waals surface area contributed by atoms with Crippen molar-refractivity contribution in [3.63, 3.8) is 0 Å². The highest BCUT2D eigenvalue weighted by Crippen LogP contribution is 2.34. The molecule has 0 aliphatic carbocycles. The predicted molar refractivity (Wildman–Crippen MR) is 99.9 cm³/mol. The zero-order valence-corrected chi connectivity index (χ0v) is 15.9. The van der Waals surface area contributed by atoms with E-state index in [-0.39, 0.29) is 24.8 Å². The molecule has 9 heteroatoms. The summed E-state index contributed by atoms with van der Waals surface area (Å²) >= 11 is 1.44. The second kappa shape index (κ2) is 8.55. The molecule has 4 amide bonds. The number of carboxylic acid groups (broad SMARTS) is 1. The maximum absolute atomic E-state index is 12.9. The number of fused-ring (bicyclic) bond motifs is 1. The highest BCUT2D eigenvalue weighted by molar-refractivity contribution is 7.99. The van der Waals surface area contributed by atoms with Crippen LogP contribution in [0.15, 0.2) is 23.1 Å². The van der Waals surface area contributed by atoms with Crippen molar-refractivity contribution in [3.8, 4) is 0 Å². The van der Waals surface area contributed by atoms with Crippen molar-refractivity contribution in [2.45, 2.75) is 49.5 Å². The van der Waals surface area contributed by atoms with Crippen LogP contribution in [0.2, 0.25) is 0 Å². The van der Waals surface area contributed by atoms with Gasteiger partial charge in [0.05, 0.1) is 11.1 Å². The molecule has 1 atom stereocenters. The van der Waals surface area contributed by atoms with Gasteiger partial charge < -0.3 is 5.11 Å². The number of imide groups is 2. The number of piperidine rings is 1. The minimum atomic E-state index is -0.973. The van der Waals surface area contributed by atoms with Crippen LogP contribution in [0, 0.1) is 0 Å². The van der Waals surface area contributed by atoms with Crippen molar-refractivity contribution in [1.82, 2.24) is 10.2 Å². The lowest BCUT2D eigenvalue weighted by molar-refractivity contribution is -0.138. The Morgan fingerprint density at radius 3 is 2.64 bits per heavy atom. The molecule has 2 aliphatic rings. The number of carboxylic acids is 1. The van der Waals surface area contributed by atoms with Gasteiger partial charge in [0, 0.05) is 17.7 Å². The van der Waals surface area contributed by atoms with Crippen LogP contribution < -0.4 is 5.32 Å². The lowest BCUT2D eigenvalue weighted by Crippen LogP contribution is -2.54. The van der Waals surface area contributed by atoms with Crippen molar-refractivity contribution < 1.29 is 29.1 Å². The maximum Gasteiger partial charge on any atom is 0.303 e. The molecule has 1 saturated heterocycles. The summed E-state index contributed by atoms with van der Waals surface area (Å²) in [4.78, 5) is 61.3. The highest BCUT2D eigenvalue weighted by atomic mass is 32.2. The summed E-state index contributed by atoms with van der Waals surface area (Å²) in [5.41, 5.74) is 0.568. The van der Waals surface area contributed by atoms with Gasteiger partial charge in [-0.2, -0.15) is 0 Å². The SMILES string of the molecule is O=C(O)CCCCCSc1cccc2c1C(=O)N(C1CCC(=O)NC1=O)C2=O. The first-order chi connectivity index (χ1) is 13.4. The first kappa shape index (κ1) is 20.1. The molecule has 1 fully saturated rings. The number of thioether (sulfide) groups is 1. The molecule has 0 spiro atoms. The van der Waals surface area contributed by atoms with Crippen molar-refractivity contribution in [1.29, 1.82) is 0 Å². The molecule has 2 heterocycles. The van der Waals surface area contributed by atoms with Gasteiger partial charge in [0.1, 0.15) is 6.04 Å². The Hall–Kier alpha value is -2.68. The molecule has 3 rings (SSSR count). The molecule has 148 valence electrons. The third-order valence-electron chi connectivity index (χ3n) is 4.72. The van der Waals surface area contributed by atoms with Crippen LogP contribution in [-0.4, -0.2) is 51.4 Å². The Bertz CT molecular complexity index is 853. The normalized spacial score (nSPS) is 19.0. The number of unbranched alkanes of at least 4 members (excludes halogenated alkanes) is 2. The van der Waals surface area contributed by atoms with Gasteiger partial charge in [0.2, 0.25) is 11.8 Å².